The van der Waals surface area contributed by atoms with Crippen LogP contribution in [0.2, 0.25) is 0 Å². The Balaban J connectivity index is 1.78. The summed E-state index contributed by atoms with van der Waals surface area (Å²) in [5.74, 6) is 1.36. The van der Waals surface area contributed by atoms with Gasteiger partial charge in [-0.3, -0.25) is 14.9 Å². The number of rotatable bonds is 7. The summed E-state index contributed by atoms with van der Waals surface area (Å²) in [4.78, 5) is 23.0. The Kier molecular flexibility index (Phi) is 6.69. The molecule has 3 rings (SSSR count). The van der Waals surface area contributed by atoms with E-state index >= 15 is 0 Å². The molecule has 1 saturated carbocycles. The SMILES string of the molecule is CCOc1cc(C2CCCCC2NC(=O)c2ccc([N+](=O)[O-])cc2)ccc1OC. The lowest BCUT2D eigenvalue weighted by atomic mass is 9.79. The van der Waals surface area contributed by atoms with E-state index in [0.717, 1.165) is 31.2 Å². The number of nitrogens with one attached hydrogen (secondary N) is 1. The van der Waals surface area contributed by atoms with E-state index in [0.29, 0.717) is 23.7 Å². The highest BCUT2D eigenvalue weighted by atomic mass is 16.6. The van der Waals surface area contributed by atoms with Crippen LogP contribution in [0.4, 0.5) is 5.69 Å². The lowest BCUT2D eigenvalue weighted by Crippen LogP contribution is -2.41. The number of non-ortho nitro benzene ring substituents is 1. The average molecular weight is 398 g/mol. The minimum atomic E-state index is -0.474. The fraction of sp³-hybridized carbons (Fsp3) is 0.409. The van der Waals surface area contributed by atoms with Gasteiger partial charge < -0.3 is 14.8 Å². The number of amides is 1. The lowest BCUT2D eigenvalue weighted by molar-refractivity contribution is -0.384. The third-order valence-electron chi connectivity index (χ3n) is 5.34. The van der Waals surface area contributed by atoms with Crippen molar-refractivity contribution < 1.29 is 19.2 Å². The molecule has 2 aromatic rings. The molecule has 154 valence electrons. The van der Waals surface area contributed by atoms with E-state index in [1.54, 1.807) is 7.11 Å². The van der Waals surface area contributed by atoms with Crippen molar-refractivity contribution in [1.82, 2.24) is 5.32 Å². The highest BCUT2D eigenvalue weighted by molar-refractivity contribution is 5.94. The van der Waals surface area contributed by atoms with Crippen molar-refractivity contribution in [2.45, 2.75) is 44.6 Å². The van der Waals surface area contributed by atoms with E-state index in [9.17, 15) is 14.9 Å². The van der Waals surface area contributed by atoms with E-state index in [1.165, 1.54) is 24.3 Å². The van der Waals surface area contributed by atoms with E-state index in [2.05, 4.69) is 5.32 Å². The Morgan fingerprint density at radius 3 is 2.52 bits per heavy atom. The summed E-state index contributed by atoms with van der Waals surface area (Å²) in [6, 6.07) is 11.6. The molecular formula is C22H26N2O5. The number of methoxy groups -OCH3 is 1. The fourth-order valence-electron chi connectivity index (χ4n) is 3.88. The van der Waals surface area contributed by atoms with E-state index < -0.39 is 4.92 Å². The maximum absolute atomic E-state index is 12.7. The zero-order valence-electron chi connectivity index (χ0n) is 16.7. The van der Waals surface area contributed by atoms with Gasteiger partial charge in [0.15, 0.2) is 11.5 Å². The quantitative estimate of drug-likeness (QED) is 0.549. The molecule has 29 heavy (non-hydrogen) atoms. The summed E-state index contributed by atoms with van der Waals surface area (Å²) in [5.41, 5.74) is 1.51. The van der Waals surface area contributed by atoms with Crippen LogP contribution in [0.5, 0.6) is 11.5 Å². The first-order valence-corrected chi connectivity index (χ1v) is 9.89. The third-order valence-corrected chi connectivity index (χ3v) is 5.34. The lowest BCUT2D eigenvalue weighted by Gasteiger charge is -2.33. The number of nitrogens with zero attached hydrogens (tertiary/aromatic N) is 1. The number of benzene rings is 2. The smallest absolute Gasteiger partial charge is 0.269 e. The molecular weight excluding hydrogens is 372 g/mol. The highest BCUT2D eigenvalue weighted by Crippen LogP contribution is 2.37. The summed E-state index contributed by atoms with van der Waals surface area (Å²) in [5, 5.41) is 13.9. The summed E-state index contributed by atoms with van der Waals surface area (Å²) in [6.45, 7) is 2.48. The molecule has 0 aromatic heterocycles. The summed E-state index contributed by atoms with van der Waals surface area (Å²) < 4.78 is 11.1. The van der Waals surface area contributed by atoms with Crippen LogP contribution in [-0.4, -0.2) is 30.6 Å². The molecule has 7 heteroatoms. The Bertz CT molecular complexity index is 866. The Morgan fingerprint density at radius 1 is 1.14 bits per heavy atom. The van der Waals surface area contributed by atoms with Gasteiger partial charge in [0.05, 0.1) is 18.6 Å². The van der Waals surface area contributed by atoms with Crippen LogP contribution >= 0.6 is 0 Å². The van der Waals surface area contributed by atoms with Crippen molar-refractivity contribution in [3.05, 3.63) is 63.7 Å². The number of carbonyl (C=O) groups is 1. The molecule has 2 atom stereocenters. The number of nitro benzene ring substituents is 1. The van der Waals surface area contributed by atoms with Gasteiger partial charge in [0.2, 0.25) is 0 Å². The zero-order chi connectivity index (χ0) is 20.8. The normalized spacial score (nSPS) is 18.7. The molecule has 1 fully saturated rings. The van der Waals surface area contributed by atoms with Crippen molar-refractivity contribution in [3.8, 4) is 11.5 Å². The summed E-state index contributed by atoms with van der Waals surface area (Å²) >= 11 is 0. The van der Waals surface area contributed by atoms with E-state index in [1.807, 2.05) is 25.1 Å². The maximum Gasteiger partial charge on any atom is 0.269 e. The highest BCUT2D eigenvalue weighted by Gasteiger charge is 2.29. The number of hydrogen-bond donors (Lipinski definition) is 1. The minimum Gasteiger partial charge on any atom is -0.493 e. The summed E-state index contributed by atoms with van der Waals surface area (Å²) in [6.07, 6.45) is 4.02. The van der Waals surface area contributed by atoms with Crippen molar-refractivity contribution in [2.24, 2.45) is 0 Å². The molecule has 1 amide bonds. The molecule has 0 radical (unpaired) electrons. The van der Waals surface area contributed by atoms with Gasteiger partial charge in [-0.05, 0) is 49.6 Å². The molecule has 0 bridgehead atoms. The van der Waals surface area contributed by atoms with Gasteiger partial charge in [-0.2, -0.15) is 0 Å². The standard InChI is InChI=1S/C22H26N2O5/c1-3-29-21-14-16(10-13-20(21)28-2)18-6-4-5-7-19(18)23-22(25)15-8-11-17(12-9-15)24(26)27/h8-14,18-19H,3-7H2,1-2H3,(H,23,25). The largest absolute Gasteiger partial charge is 0.493 e. The molecule has 1 N–H and O–H groups in total. The van der Waals surface area contributed by atoms with Gasteiger partial charge in [-0.25, -0.2) is 0 Å². The zero-order valence-corrected chi connectivity index (χ0v) is 16.7. The molecule has 0 saturated heterocycles. The van der Waals surface area contributed by atoms with Crippen molar-refractivity contribution in [2.75, 3.05) is 13.7 Å². The molecule has 0 spiro atoms. The Labute approximate surface area is 170 Å². The molecule has 1 aliphatic rings. The molecule has 7 nitrogen and oxygen atoms in total. The Morgan fingerprint density at radius 2 is 1.86 bits per heavy atom. The second-order valence-corrected chi connectivity index (χ2v) is 7.12. The van der Waals surface area contributed by atoms with Gasteiger partial charge >= 0.3 is 0 Å². The van der Waals surface area contributed by atoms with Crippen LogP contribution in [0, 0.1) is 10.1 Å². The molecule has 1 aliphatic carbocycles. The summed E-state index contributed by atoms with van der Waals surface area (Å²) in [7, 11) is 1.62. The topological polar surface area (TPSA) is 90.7 Å². The van der Waals surface area contributed by atoms with Gasteiger partial charge in [0.1, 0.15) is 0 Å². The predicted octanol–water partition coefficient (Wildman–Crippen LogP) is 4.46. The van der Waals surface area contributed by atoms with E-state index in [4.69, 9.17) is 9.47 Å². The van der Waals surface area contributed by atoms with Crippen LogP contribution in [0.3, 0.4) is 0 Å². The monoisotopic (exact) mass is 398 g/mol. The van der Waals surface area contributed by atoms with Gasteiger partial charge in [-0.1, -0.05) is 18.9 Å². The third kappa shape index (κ3) is 4.85. The number of hydrogen-bond acceptors (Lipinski definition) is 5. The van der Waals surface area contributed by atoms with Crippen molar-refractivity contribution in [3.63, 3.8) is 0 Å². The van der Waals surface area contributed by atoms with Gasteiger partial charge in [0, 0.05) is 29.7 Å². The fourth-order valence-corrected chi connectivity index (χ4v) is 3.88. The second-order valence-electron chi connectivity index (χ2n) is 7.12. The molecule has 0 aliphatic heterocycles. The van der Waals surface area contributed by atoms with Crippen LogP contribution in [0.15, 0.2) is 42.5 Å². The number of carbonyl (C=O) groups excluding carboxylic acids is 1. The van der Waals surface area contributed by atoms with Gasteiger partial charge in [-0.15, -0.1) is 0 Å². The number of nitro groups is 1. The van der Waals surface area contributed by atoms with Crippen molar-refractivity contribution in [1.29, 1.82) is 0 Å². The van der Waals surface area contributed by atoms with Crippen LogP contribution in [0.25, 0.3) is 0 Å². The first-order chi connectivity index (χ1) is 14.0. The minimum absolute atomic E-state index is 0.00527. The number of ether oxygens (including phenoxy) is 2. The van der Waals surface area contributed by atoms with Gasteiger partial charge in [0.25, 0.3) is 11.6 Å². The second kappa shape index (κ2) is 9.41. The molecule has 2 unspecified atom stereocenters. The first kappa shape index (κ1) is 20.6. The maximum atomic E-state index is 12.7. The molecule has 2 aromatic carbocycles. The van der Waals surface area contributed by atoms with Crippen LogP contribution < -0.4 is 14.8 Å². The van der Waals surface area contributed by atoms with Crippen LogP contribution in [-0.2, 0) is 0 Å². The Hall–Kier alpha value is -3.09. The first-order valence-electron chi connectivity index (χ1n) is 9.89. The average Bonchev–Trinajstić information content (AvgIpc) is 2.74. The van der Waals surface area contributed by atoms with E-state index in [-0.39, 0.29) is 23.6 Å². The molecule has 0 heterocycles. The van der Waals surface area contributed by atoms with Crippen molar-refractivity contribution >= 4 is 11.6 Å². The predicted molar refractivity (Wildman–Crippen MR) is 110 cm³/mol. The van der Waals surface area contributed by atoms with Crippen LogP contribution in [0.1, 0.15) is 54.4 Å².